The number of alkyl halides is 3. The van der Waals surface area contributed by atoms with Gasteiger partial charge in [-0.25, -0.2) is 14.6 Å². The lowest BCUT2D eigenvalue weighted by molar-refractivity contribution is -0.145. The Labute approximate surface area is 153 Å². The van der Waals surface area contributed by atoms with Gasteiger partial charge in [0.25, 0.3) is 0 Å². The summed E-state index contributed by atoms with van der Waals surface area (Å²) >= 11 is 0. The zero-order chi connectivity index (χ0) is 20.5. The van der Waals surface area contributed by atoms with Crippen molar-refractivity contribution in [1.29, 1.82) is 0 Å². The highest BCUT2D eigenvalue weighted by Crippen LogP contribution is 2.25. The number of carboxylic acids is 1. The van der Waals surface area contributed by atoms with Gasteiger partial charge < -0.3 is 10.4 Å². The van der Waals surface area contributed by atoms with Crippen LogP contribution in [0.15, 0.2) is 35.3 Å². The predicted molar refractivity (Wildman–Crippen MR) is 89.0 cm³/mol. The average Bonchev–Trinajstić information content (AvgIpc) is 3.03. The van der Waals surface area contributed by atoms with Crippen molar-refractivity contribution in [2.45, 2.75) is 19.0 Å². The van der Waals surface area contributed by atoms with Crippen LogP contribution in [-0.4, -0.2) is 36.6 Å². The largest absolute Gasteiger partial charge is 0.478 e. The first-order valence-electron chi connectivity index (χ1n) is 7.82. The van der Waals surface area contributed by atoms with Crippen LogP contribution in [0.5, 0.6) is 0 Å². The van der Waals surface area contributed by atoms with Crippen molar-refractivity contribution >= 4 is 23.2 Å². The molecule has 0 aliphatic rings. The number of nitrogens with one attached hydrogen (secondary N) is 2. The van der Waals surface area contributed by atoms with Crippen molar-refractivity contribution in [1.82, 2.24) is 19.6 Å². The number of carboxylic acid groups (broad SMARTS) is 1. The molecule has 0 unspecified atom stereocenters. The van der Waals surface area contributed by atoms with Crippen LogP contribution in [0.3, 0.4) is 0 Å². The minimum Gasteiger partial charge on any atom is -0.478 e. The molecule has 0 spiro atoms. The van der Waals surface area contributed by atoms with Crippen LogP contribution in [-0.2, 0) is 17.4 Å². The van der Waals surface area contributed by atoms with Crippen LogP contribution in [0.25, 0.3) is 5.65 Å². The monoisotopic (exact) mass is 395 g/mol. The van der Waals surface area contributed by atoms with Crippen LogP contribution in [0, 0.1) is 0 Å². The summed E-state index contributed by atoms with van der Waals surface area (Å²) in [5, 5.41) is 15.1. The van der Waals surface area contributed by atoms with E-state index >= 15 is 0 Å². The molecule has 146 valence electrons. The summed E-state index contributed by atoms with van der Waals surface area (Å²) in [6.07, 6.45) is -3.78. The highest BCUT2D eigenvalue weighted by atomic mass is 19.4. The standard InChI is InChI=1S/C16H12F3N5O4/c17-16(18,19)14-22-12-9(7-20-24(12)15(28)23-14)3-6-11(25)21-10-4-1-8(2-5-10)13(26)27/h1-2,4-5,7H,3,6H2,(H,21,25)(H,26,27)(H,22,23,28). The van der Waals surface area contributed by atoms with Gasteiger partial charge in [-0.1, -0.05) is 0 Å². The first kappa shape index (κ1) is 19.1. The van der Waals surface area contributed by atoms with Crippen LogP contribution >= 0.6 is 0 Å². The highest BCUT2D eigenvalue weighted by Gasteiger charge is 2.35. The summed E-state index contributed by atoms with van der Waals surface area (Å²) in [6, 6.07) is 5.46. The topological polar surface area (TPSA) is 129 Å². The second kappa shape index (κ2) is 7.13. The quantitative estimate of drug-likeness (QED) is 0.603. The van der Waals surface area contributed by atoms with Gasteiger partial charge in [0.1, 0.15) is 0 Å². The van der Waals surface area contributed by atoms with E-state index in [0.717, 1.165) is 0 Å². The fraction of sp³-hybridized carbons (Fsp3) is 0.188. The Kier molecular flexibility index (Phi) is 4.86. The maximum absolute atomic E-state index is 12.8. The molecule has 3 aromatic rings. The van der Waals surface area contributed by atoms with Crippen molar-refractivity contribution in [3.63, 3.8) is 0 Å². The van der Waals surface area contributed by atoms with Crippen molar-refractivity contribution in [3.8, 4) is 0 Å². The summed E-state index contributed by atoms with van der Waals surface area (Å²) < 4.78 is 39.1. The molecular formula is C16H12F3N5O4. The number of benzene rings is 1. The number of H-pyrrole nitrogens is 1. The molecule has 28 heavy (non-hydrogen) atoms. The average molecular weight is 395 g/mol. The number of aromatic carboxylic acids is 1. The fourth-order valence-corrected chi connectivity index (χ4v) is 2.41. The van der Waals surface area contributed by atoms with E-state index in [1.807, 2.05) is 0 Å². The first-order valence-corrected chi connectivity index (χ1v) is 7.82. The van der Waals surface area contributed by atoms with Crippen LogP contribution in [0.4, 0.5) is 18.9 Å². The molecule has 0 aliphatic carbocycles. The second-order valence-electron chi connectivity index (χ2n) is 5.72. The number of hydrogen-bond acceptors (Lipinski definition) is 5. The molecule has 3 N–H and O–H groups in total. The number of hydrogen-bond donors (Lipinski definition) is 3. The molecule has 0 atom stereocenters. The first-order chi connectivity index (χ1) is 13.1. The summed E-state index contributed by atoms with van der Waals surface area (Å²) in [5.74, 6) is -3.01. The number of carbonyl (C=O) groups excluding carboxylic acids is 1. The maximum atomic E-state index is 12.8. The molecule has 2 heterocycles. The molecule has 1 aromatic carbocycles. The third-order valence-corrected chi connectivity index (χ3v) is 3.76. The van der Waals surface area contributed by atoms with E-state index in [4.69, 9.17) is 5.11 Å². The molecule has 0 saturated carbocycles. The van der Waals surface area contributed by atoms with Crippen LogP contribution < -0.4 is 11.0 Å². The van der Waals surface area contributed by atoms with E-state index < -0.39 is 29.6 Å². The van der Waals surface area contributed by atoms with Gasteiger partial charge >= 0.3 is 17.8 Å². The molecule has 0 fully saturated rings. The van der Waals surface area contributed by atoms with Crippen molar-refractivity contribution in [3.05, 3.63) is 57.9 Å². The van der Waals surface area contributed by atoms with E-state index in [2.05, 4.69) is 15.4 Å². The normalized spacial score (nSPS) is 11.5. The van der Waals surface area contributed by atoms with Crippen molar-refractivity contribution in [2.24, 2.45) is 0 Å². The second-order valence-corrected chi connectivity index (χ2v) is 5.72. The Morgan fingerprint density at radius 3 is 2.50 bits per heavy atom. The van der Waals surface area contributed by atoms with Crippen LogP contribution in [0.2, 0.25) is 0 Å². The molecule has 1 amide bonds. The minimum absolute atomic E-state index is 0.00368. The van der Waals surface area contributed by atoms with Crippen LogP contribution in [0.1, 0.15) is 28.2 Å². The highest BCUT2D eigenvalue weighted by molar-refractivity contribution is 5.92. The fourth-order valence-electron chi connectivity index (χ4n) is 2.41. The number of amides is 1. The van der Waals surface area contributed by atoms with Gasteiger partial charge in [-0.2, -0.15) is 22.8 Å². The number of fused-ring (bicyclic) bond motifs is 1. The Morgan fingerprint density at radius 1 is 1.21 bits per heavy atom. The van der Waals surface area contributed by atoms with Gasteiger partial charge in [0.2, 0.25) is 11.7 Å². The van der Waals surface area contributed by atoms with Gasteiger partial charge in [0.15, 0.2) is 5.65 Å². The molecular weight excluding hydrogens is 383 g/mol. The zero-order valence-electron chi connectivity index (χ0n) is 13.9. The number of aromatic amines is 1. The van der Waals surface area contributed by atoms with E-state index in [1.165, 1.54) is 30.5 Å². The lowest BCUT2D eigenvalue weighted by Crippen LogP contribution is -2.25. The zero-order valence-corrected chi connectivity index (χ0v) is 13.9. The molecule has 0 bridgehead atoms. The number of anilines is 1. The Balaban J connectivity index is 1.72. The van der Waals surface area contributed by atoms with Gasteiger partial charge in [0.05, 0.1) is 11.8 Å². The van der Waals surface area contributed by atoms with E-state index in [0.29, 0.717) is 10.2 Å². The third-order valence-electron chi connectivity index (χ3n) is 3.76. The van der Waals surface area contributed by atoms with E-state index in [-0.39, 0.29) is 29.6 Å². The molecule has 0 aliphatic heterocycles. The van der Waals surface area contributed by atoms with Gasteiger partial charge in [-0.15, -0.1) is 0 Å². The molecule has 2 aromatic heterocycles. The molecule has 0 saturated heterocycles. The lowest BCUT2D eigenvalue weighted by Gasteiger charge is -2.06. The Morgan fingerprint density at radius 2 is 1.89 bits per heavy atom. The molecule has 3 rings (SSSR count). The SMILES string of the molecule is O=C(CCc1cnn2c(=O)[nH]c(C(F)(F)F)nc12)Nc1ccc(C(=O)O)cc1. The predicted octanol–water partition coefficient (Wildman–Crippen LogP) is 1.71. The third kappa shape index (κ3) is 4.00. The van der Waals surface area contributed by atoms with Gasteiger partial charge in [-0.3, -0.25) is 9.78 Å². The molecule has 9 nitrogen and oxygen atoms in total. The minimum atomic E-state index is -4.83. The summed E-state index contributed by atoms with van der Waals surface area (Å²) in [4.78, 5) is 39.5. The lowest BCUT2D eigenvalue weighted by atomic mass is 10.1. The van der Waals surface area contributed by atoms with Gasteiger partial charge in [-0.05, 0) is 30.7 Å². The maximum Gasteiger partial charge on any atom is 0.449 e. The van der Waals surface area contributed by atoms with Crippen molar-refractivity contribution < 1.29 is 27.9 Å². The summed E-state index contributed by atoms with van der Waals surface area (Å²) in [7, 11) is 0. The molecule has 0 radical (unpaired) electrons. The number of halogens is 3. The summed E-state index contributed by atoms with van der Waals surface area (Å²) in [6.45, 7) is 0. The summed E-state index contributed by atoms with van der Waals surface area (Å²) in [5.41, 5.74) is -0.751. The van der Waals surface area contributed by atoms with E-state index in [1.54, 1.807) is 4.98 Å². The van der Waals surface area contributed by atoms with E-state index in [9.17, 15) is 27.6 Å². The van der Waals surface area contributed by atoms with Crippen molar-refractivity contribution in [2.75, 3.05) is 5.32 Å². The number of aromatic nitrogens is 4. The number of aryl methyl sites for hydroxylation is 1. The number of carbonyl (C=O) groups is 2. The smallest absolute Gasteiger partial charge is 0.449 e. The Hall–Kier alpha value is -3.70. The molecule has 12 heteroatoms. The van der Waals surface area contributed by atoms with Gasteiger partial charge in [0, 0.05) is 17.7 Å². The number of nitrogens with zero attached hydrogens (tertiary/aromatic N) is 3. The Bertz CT molecular complexity index is 1100. The number of rotatable bonds is 5.